The van der Waals surface area contributed by atoms with Gasteiger partial charge in [0.1, 0.15) is 0 Å². The fourth-order valence-electron chi connectivity index (χ4n) is 2.17. The van der Waals surface area contributed by atoms with E-state index in [1.165, 1.54) is 6.07 Å². The lowest BCUT2D eigenvalue weighted by Gasteiger charge is -2.17. The lowest BCUT2D eigenvalue weighted by atomic mass is 10.1. The van der Waals surface area contributed by atoms with Crippen LogP contribution in [0.5, 0.6) is 0 Å². The van der Waals surface area contributed by atoms with Crippen molar-refractivity contribution in [1.29, 1.82) is 0 Å². The highest BCUT2D eigenvalue weighted by Crippen LogP contribution is 2.44. The molecule has 0 amide bonds. The number of halogens is 3. The molecular weight excluding hydrogens is 305 g/mol. The summed E-state index contributed by atoms with van der Waals surface area (Å²) in [5.74, 6) is 0. The zero-order valence-corrected chi connectivity index (χ0v) is 12.3. The van der Waals surface area contributed by atoms with E-state index in [0.717, 1.165) is 31.9 Å². The largest absolute Gasteiger partial charge is 0.416 e. The van der Waals surface area contributed by atoms with Crippen LogP contribution >= 0.6 is 0 Å². The Hall–Kier alpha value is -1.12. The summed E-state index contributed by atoms with van der Waals surface area (Å²) in [5.41, 5.74) is 4.10. The van der Waals surface area contributed by atoms with E-state index in [0.29, 0.717) is 6.54 Å². The number of rotatable bonds is 5. The average Bonchev–Trinajstić information content (AvgIpc) is 3.16. The summed E-state index contributed by atoms with van der Waals surface area (Å²) >= 11 is 0. The molecule has 118 valence electrons. The third kappa shape index (κ3) is 3.38. The van der Waals surface area contributed by atoms with E-state index >= 15 is 0 Å². The van der Waals surface area contributed by atoms with Gasteiger partial charge in [0.25, 0.3) is 0 Å². The van der Waals surface area contributed by atoms with Gasteiger partial charge >= 0.3 is 6.18 Å². The molecule has 0 bridgehead atoms. The summed E-state index contributed by atoms with van der Waals surface area (Å²) in [5, 5.41) is 0. The van der Waals surface area contributed by atoms with Gasteiger partial charge in [0.2, 0.25) is 10.0 Å². The minimum Gasteiger partial charge on any atom is -0.330 e. The highest BCUT2D eigenvalue weighted by atomic mass is 32.2. The maximum atomic E-state index is 12.8. The van der Waals surface area contributed by atoms with E-state index in [9.17, 15) is 21.6 Å². The molecule has 0 spiro atoms. The quantitative estimate of drug-likeness (QED) is 0.871. The van der Waals surface area contributed by atoms with E-state index < -0.39 is 21.8 Å². The van der Waals surface area contributed by atoms with Crippen molar-refractivity contribution in [2.45, 2.75) is 30.8 Å². The summed E-state index contributed by atoms with van der Waals surface area (Å²) in [6, 6.07) is 3.14. The van der Waals surface area contributed by atoms with Gasteiger partial charge in [-0.2, -0.15) is 13.2 Å². The molecule has 0 heterocycles. The Labute approximate surface area is 121 Å². The maximum absolute atomic E-state index is 12.8. The Bertz CT molecular complexity index is 637. The molecule has 1 aromatic carbocycles. The first-order valence-corrected chi connectivity index (χ1v) is 7.96. The normalized spacial score (nSPS) is 17.8. The van der Waals surface area contributed by atoms with Gasteiger partial charge in [-0.05, 0) is 49.4 Å². The zero-order valence-electron chi connectivity index (χ0n) is 11.5. The predicted molar refractivity (Wildman–Crippen MR) is 72.1 cm³/mol. The van der Waals surface area contributed by atoms with Crippen molar-refractivity contribution in [2.24, 2.45) is 11.1 Å². The average molecular weight is 322 g/mol. The van der Waals surface area contributed by atoms with E-state index in [1.54, 1.807) is 0 Å². The smallest absolute Gasteiger partial charge is 0.330 e. The summed E-state index contributed by atoms with van der Waals surface area (Å²) < 4.78 is 65.3. The van der Waals surface area contributed by atoms with Crippen molar-refractivity contribution < 1.29 is 21.6 Å². The summed E-state index contributed by atoms with van der Waals surface area (Å²) in [6.45, 7) is 1.67. The fourth-order valence-corrected chi connectivity index (χ4v) is 3.59. The highest BCUT2D eigenvalue weighted by Gasteiger charge is 2.42. The molecule has 3 N–H and O–H groups in total. The number of sulfonamides is 1. The summed E-state index contributed by atoms with van der Waals surface area (Å²) in [7, 11) is -3.98. The molecule has 1 aromatic rings. The first-order chi connectivity index (χ1) is 9.61. The monoisotopic (exact) mass is 322 g/mol. The summed E-state index contributed by atoms with van der Waals surface area (Å²) in [4.78, 5) is -0.342. The lowest BCUT2D eigenvalue weighted by Crippen LogP contribution is -2.34. The molecule has 1 saturated carbocycles. The first kappa shape index (κ1) is 16.3. The molecule has 8 heteroatoms. The van der Waals surface area contributed by atoms with Gasteiger partial charge in [-0.25, -0.2) is 13.1 Å². The number of hydrogen-bond acceptors (Lipinski definition) is 3. The minimum absolute atomic E-state index is 0.154. The van der Waals surface area contributed by atoms with E-state index in [-0.39, 0.29) is 22.4 Å². The second-order valence-corrected chi connectivity index (χ2v) is 7.19. The van der Waals surface area contributed by atoms with Gasteiger partial charge in [-0.1, -0.05) is 6.07 Å². The van der Waals surface area contributed by atoms with Crippen LogP contribution in [0.2, 0.25) is 0 Å². The van der Waals surface area contributed by atoms with Crippen LogP contribution in [0.15, 0.2) is 23.1 Å². The topological polar surface area (TPSA) is 72.2 Å². The molecule has 1 aliphatic carbocycles. The fraction of sp³-hybridized carbons (Fsp3) is 0.538. The lowest BCUT2D eigenvalue weighted by molar-refractivity contribution is -0.138. The molecule has 1 aliphatic rings. The van der Waals surface area contributed by atoms with Gasteiger partial charge < -0.3 is 5.73 Å². The van der Waals surface area contributed by atoms with Crippen LogP contribution in [-0.2, 0) is 16.2 Å². The first-order valence-electron chi connectivity index (χ1n) is 6.48. The Morgan fingerprint density at radius 1 is 1.33 bits per heavy atom. The van der Waals surface area contributed by atoms with Crippen LogP contribution in [0.4, 0.5) is 13.2 Å². The second-order valence-electron chi connectivity index (χ2n) is 5.46. The second kappa shape index (κ2) is 5.26. The van der Waals surface area contributed by atoms with E-state index in [2.05, 4.69) is 4.72 Å². The van der Waals surface area contributed by atoms with Crippen molar-refractivity contribution in [3.63, 3.8) is 0 Å². The Kier molecular flexibility index (Phi) is 4.07. The molecule has 4 nitrogen and oxygen atoms in total. The highest BCUT2D eigenvalue weighted by molar-refractivity contribution is 7.89. The van der Waals surface area contributed by atoms with Crippen molar-refractivity contribution in [3.8, 4) is 0 Å². The van der Waals surface area contributed by atoms with Crippen LogP contribution in [0.25, 0.3) is 0 Å². The molecule has 0 aromatic heterocycles. The molecule has 0 aliphatic heterocycles. The molecule has 0 radical (unpaired) electrons. The van der Waals surface area contributed by atoms with Crippen LogP contribution < -0.4 is 10.5 Å². The summed E-state index contributed by atoms with van der Waals surface area (Å²) in [6.07, 6.45) is -2.92. The van der Waals surface area contributed by atoms with Gasteiger partial charge in [-0.3, -0.25) is 0 Å². The standard InChI is InChI=1S/C13H17F3N2O2S/c1-9-10(13(14,15)16)3-2-4-11(9)21(19,20)18-8-12(7-17)5-6-12/h2-4,18H,5-8,17H2,1H3. The SMILES string of the molecule is Cc1c(C(F)(F)F)cccc1S(=O)(=O)NCC1(CN)CC1. The van der Waals surface area contributed by atoms with Gasteiger partial charge in [0, 0.05) is 6.54 Å². The van der Waals surface area contributed by atoms with E-state index in [1.807, 2.05) is 0 Å². The van der Waals surface area contributed by atoms with E-state index in [4.69, 9.17) is 5.73 Å². The predicted octanol–water partition coefficient (Wildman–Crippen LogP) is 2.03. The van der Waals surface area contributed by atoms with Crippen molar-refractivity contribution in [2.75, 3.05) is 13.1 Å². The third-order valence-corrected chi connectivity index (χ3v) is 5.45. The Balaban J connectivity index is 2.28. The molecule has 21 heavy (non-hydrogen) atoms. The van der Waals surface area contributed by atoms with Gasteiger partial charge in [0.15, 0.2) is 0 Å². The third-order valence-electron chi connectivity index (χ3n) is 3.91. The van der Waals surface area contributed by atoms with Crippen LogP contribution in [0, 0.1) is 12.3 Å². The van der Waals surface area contributed by atoms with Gasteiger partial charge in [-0.15, -0.1) is 0 Å². The van der Waals surface area contributed by atoms with Crippen LogP contribution in [0.1, 0.15) is 24.0 Å². The molecule has 0 saturated heterocycles. The van der Waals surface area contributed by atoms with Crippen molar-refractivity contribution in [1.82, 2.24) is 4.72 Å². The maximum Gasteiger partial charge on any atom is 0.416 e. The van der Waals surface area contributed by atoms with Crippen molar-refractivity contribution in [3.05, 3.63) is 29.3 Å². The van der Waals surface area contributed by atoms with Gasteiger partial charge in [0.05, 0.1) is 10.5 Å². The molecular formula is C13H17F3N2O2S. The Morgan fingerprint density at radius 2 is 1.95 bits per heavy atom. The number of nitrogens with one attached hydrogen (secondary N) is 1. The number of alkyl halides is 3. The zero-order chi connectivity index (χ0) is 15.9. The van der Waals surface area contributed by atoms with Crippen LogP contribution in [0.3, 0.4) is 0 Å². The van der Waals surface area contributed by atoms with Crippen molar-refractivity contribution >= 4 is 10.0 Å². The molecule has 1 fully saturated rings. The van der Waals surface area contributed by atoms with Crippen LogP contribution in [-0.4, -0.2) is 21.5 Å². The number of hydrogen-bond donors (Lipinski definition) is 2. The molecule has 0 unspecified atom stereocenters. The number of benzene rings is 1. The molecule has 2 rings (SSSR count). The molecule has 0 atom stereocenters. The minimum atomic E-state index is -4.58. The Morgan fingerprint density at radius 3 is 2.43 bits per heavy atom. The number of nitrogens with two attached hydrogens (primary N) is 1.